The molecule has 3 amide bonds. The zero-order valence-corrected chi connectivity index (χ0v) is 14.3. The number of carbonyl (C=O) groups excluding carboxylic acids is 2. The third kappa shape index (κ3) is 4.59. The molecule has 0 spiro atoms. The van der Waals surface area contributed by atoms with Gasteiger partial charge in [0.05, 0.1) is 0 Å². The number of amides is 3. The molecule has 126 valence electrons. The molecule has 2 rings (SSSR count). The lowest BCUT2D eigenvalue weighted by Gasteiger charge is -2.19. The highest BCUT2D eigenvalue weighted by Crippen LogP contribution is 2.10. The number of benzene rings is 2. The molecule has 0 aliphatic heterocycles. The average Bonchev–Trinajstić information content (AvgIpc) is 2.61. The summed E-state index contributed by atoms with van der Waals surface area (Å²) in [6.07, 6.45) is 0. The van der Waals surface area contributed by atoms with Crippen LogP contribution in [0.2, 0.25) is 0 Å². The lowest BCUT2D eigenvalue weighted by molar-refractivity contribution is 0.0963. The fraction of sp³-hybridized carbons (Fsp3) is 0.263. The van der Waals surface area contributed by atoms with Gasteiger partial charge in [0, 0.05) is 32.7 Å². The van der Waals surface area contributed by atoms with Crippen LogP contribution in [0.25, 0.3) is 0 Å². The van der Waals surface area contributed by atoms with Crippen molar-refractivity contribution in [2.45, 2.75) is 20.0 Å². The van der Waals surface area contributed by atoms with Crippen molar-refractivity contribution in [2.75, 3.05) is 14.1 Å². The quantitative estimate of drug-likeness (QED) is 0.888. The first-order valence-corrected chi connectivity index (χ1v) is 7.85. The maximum Gasteiger partial charge on any atom is 0.317 e. The average molecular weight is 325 g/mol. The molecular weight excluding hydrogens is 302 g/mol. The number of hydrogen-bond donors (Lipinski definition) is 2. The van der Waals surface area contributed by atoms with Crippen LogP contribution in [0.5, 0.6) is 0 Å². The normalized spacial score (nSPS) is 10.1. The van der Waals surface area contributed by atoms with Crippen LogP contribution in [0.3, 0.4) is 0 Å². The van der Waals surface area contributed by atoms with E-state index in [-0.39, 0.29) is 11.9 Å². The standard InChI is InChI=1S/C19H23N3O2/c1-14-7-4-5-9-17(14)13-22(3)19(24)21-12-15-8-6-10-16(11-15)18(23)20-2/h4-11H,12-13H2,1-3H3,(H,20,23)(H,21,24). The van der Waals surface area contributed by atoms with Crippen LogP contribution >= 0.6 is 0 Å². The minimum atomic E-state index is -0.149. The molecule has 0 bridgehead atoms. The van der Waals surface area contributed by atoms with E-state index in [1.165, 1.54) is 0 Å². The molecule has 2 N–H and O–H groups in total. The fourth-order valence-corrected chi connectivity index (χ4v) is 2.39. The Morgan fingerprint density at radius 1 is 1.08 bits per heavy atom. The van der Waals surface area contributed by atoms with Gasteiger partial charge in [-0.25, -0.2) is 4.79 Å². The van der Waals surface area contributed by atoms with Crippen molar-refractivity contribution in [2.24, 2.45) is 0 Å². The maximum absolute atomic E-state index is 12.2. The van der Waals surface area contributed by atoms with E-state index in [1.54, 1.807) is 31.1 Å². The van der Waals surface area contributed by atoms with E-state index in [0.717, 1.165) is 16.7 Å². The molecule has 0 heterocycles. The maximum atomic E-state index is 12.2. The van der Waals surface area contributed by atoms with Crippen LogP contribution in [0.1, 0.15) is 27.0 Å². The van der Waals surface area contributed by atoms with Crippen LogP contribution in [-0.2, 0) is 13.1 Å². The summed E-state index contributed by atoms with van der Waals surface area (Å²) in [6.45, 7) is 2.96. The Bertz CT molecular complexity index is 728. The summed E-state index contributed by atoms with van der Waals surface area (Å²) in [7, 11) is 3.36. The second kappa shape index (κ2) is 8.15. The van der Waals surface area contributed by atoms with Crippen LogP contribution in [0.15, 0.2) is 48.5 Å². The minimum Gasteiger partial charge on any atom is -0.355 e. The van der Waals surface area contributed by atoms with Gasteiger partial charge < -0.3 is 15.5 Å². The predicted octanol–water partition coefficient (Wildman–Crippen LogP) is 2.70. The first-order chi connectivity index (χ1) is 11.5. The van der Waals surface area contributed by atoms with E-state index in [1.807, 2.05) is 43.3 Å². The van der Waals surface area contributed by atoms with Crippen molar-refractivity contribution in [3.05, 3.63) is 70.8 Å². The van der Waals surface area contributed by atoms with Crippen LogP contribution in [0, 0.1) is 6.92 Å². The largest absolute Gasteiger partial charge is 0.355 e. The summed E-state index contributed by atoms with van der Waals surface area (Å²) >= 11 is 0. The Kier molecular flexibility index (Phi) is 5.95. The zero-order valence-electron chi connectivity index (χ0n) is 14.3. The molecule has 24 heavy (non-hydrogen) atoms. The molecular formula is C19H23N3O2. The first kappa shape index (κ1) is 17.5. The molecule has 0 aliphatic carbocycles. The summed E-state index contributed by atoms with van der Waals surface area (Å²) in [4.78, 5) is 25.5. The second-order valence-electron chi connectivity index (χ2n) is 5.72. The van der Waals surface area contributed by atoms with Crippen molar-refractivity contribution in [3.8, 4) is 0 Å². The third-order valence-corrected chi connectivity index (χ3v) is 3.88. The highest BCUT2D eigenvalue weighted by molar-refractivity contribution is 5.94. The van der Waals surface area contributed by atoms with E-state index in [9.17, 15) is 9.59 Å². The summed E-state index contributed by atoms with van der Waals surface area (Å²) in [5, 5.41) is 5.47. The van der Waals surface area contributed by atoms with Gasteiger partial charge in [-0.15, -0.1) is 0 Å². The van der Waals surface area contributed by atoms with Gasteiger partial charge in [0.2, 0.25) is 0 Å². The number of hydrogen-bond acceptors (Lipinski definition) is 2. The molecule has 0 atom stereocenters. The molecule has 0 aromatic heterocycles. The Balaban J connectivity index is 1.93. The molecule has 0 radical (unpaired) electrons. The predicted molar refractivity (Wildman–Crippen MR) is 94.7 cm³/mol. The van der Waals surface area contributed by atoms with Gasteiger partial charge in [-0.1, -0.05) is 36.4 Å². The van der Waals surface area contributed by atoms with Gasteiger partial charge in [0.15, 0.2) is 0 Å². The summed E-state index contributed by atoms with van der Waals surface area (Å²) < 4.78 is 0. The first-order valence-electron chi connectivity index (χ1n) is 7.85. The highest BCUT2D eigenvalue weighted by atomic mass is 16.2. The Labute approximate surface area is 142 Å². The number of rotatable bonds is 5. The lowest BCUT2D eigenvalue weighted by Crippen LogP contribution is -2.36. The monoisotopic (exact) mass is 325 g/mol. The van der Waals surface area contributed by atoms with Crippen molar-refractivity contribution >= 4 is 11.9 Å². The smallest absolute Gasteiger partial charge is 0.317 e. The summed E-state index contributed by atoms with van der Waals surface area (Å²) in [5.41, 5.74) is 3.75. The Hall–Kier alpha value is -2.82. The third-order valence-electron chi connectivity index (χ3n) is 3.88. The van der Waals surface area contributed by atoms with Crippen molar-refractivity contribution in [1.29, 1.82) is 0 Å². The molecule has 2 aromatic carbocycles. The molecule has 5 heteroatoms. The van der Waals surface area contributed by atoms with Gasteiger partial charge >= 0.3 is 6.03 Å². The van der Waals surface area contributed by atoms with E-state index in [0.29, 0.717) is 18.7 Å². The van der Waals surface area contributed by atoms with Gasteiger partial charge in [-0.05, 0) is 35.7 Å². The van der Waals surface area contributed by atoms with Crippen LogP contribution < -0.4 is 10.6 Å². The van der Waals surface area contributed by atoms with Crippen molar-refractivity contribution in [1.82, 2.24) is 15.5 Å². The van der Waals surface area contributed by atoms with Crippen molar-refractivity contribution in [3.63, 3.8) is 0 Å². The highest BCUT2D eigenvalue weighted by Gasteiger charge is 2.10. The van der Waals surface area contributed by atoms with Gasteiger partial charge in [0.25, 0.3) is 5.91 Å². The molecule has 0 saturated carbocycles. The van der Waals surface area contributed by atoms with E-state index < -0.39 is 0 Å². The number of urea groups is 1. The van der Waals surface area contributed by atoms with Gasteiger partial charge in [0.1, 0.15) is 0 Å². The fourth-order valence-electron chi connectivity index (χ4n) is 2.39. The van der Waals surface area contributed by atoms with Crippen LogP contribution in [-0.4, -0.2) is 30.9 Å². The van der Waals surface area contributed by atoms with Crippen molar-refractivity contribution < 1.29 is 9.59 Å². The van der Waals surface area contributed by atoms with E-state index >= 15 is 0 Å². The second-order valence-corrected chi connectivity index (χ2v) is 5.72. The Morgan fingerprint density at radius 2 is 1.83 bits per heavy atom. The van der Waals surface area contributed by atoms with E-state index in [2.05, 4.69) is 10.6 Å². The number of nitrogens with one attached hydrogen (secondary N) is 2. The lowest BCUT2D eigenvalue weighted by atomic mass is 10.1. The molecule has 0 unspecified atom stereocenters. The topological polar surface area (TPSA) is 61.4 Å². The number of aryl methyl sites for hydroxylation is 1. The summed E-state index contributed by atoms with van der Waals surface area (Å²) in [5.74, 6) is -0.139. The number of nitrogens with zero attached hydrogens (tertiary/aromatic N) is 1. The van der Waals surface area contributed by atoms with Crippen LogP contribution in [0.4, 0.5) is 4.79 Å². The molecule has 0 fully saturated rings. The van der Waals surface area contributed by atoms with Gasteiger partial charge in [-0.2, -0.15) is 0 Å². The molecule has 0 aliphatic rings. The zero-order chi connectivity index (χ0) is 17.5. The molecule has 5 nitrogen and oxygen atoms in total. The molecule has 0 saturated heterocycles. The minimum absolute atomic E-state index is 0.139. The van der Waals surface area contributed by atoms with Gasteiger partial charge in [-0.3, -0.25) is 4.79 Å². The number of carbonyl (C=O) groups is 2. The summed E-state index contributed by atoms with van der Waals surface area (Å²) in [6, 6.07) is 15.1. The molecule has 2 aromatic rings. The van der Waals surface area contributed by atoms with E-state index in [4.69, 9.17) is 0 Å². The SMILES string of the molecule is CNC(=O)c1cccc(CNC(=O)N(C)Cc2ccccc2C)c1. The Morgan fingerprint density at radius 3 is 2.54 bits per heavy atom.